The summed E-state index contributed by atoms with van der Waals surface area (Å²) in [7, 11) is 1.31. The Bertz CT molecular complexity index is 241. The monoisotopic (exact) mass is 360 g/mol. The van der Waals surface area contributed by atoms with Crippen molar-refractivity contribution in [2.24, 2.45) is 5.92 Å². The molecular formula is C15H29NO3Y+. The van der Waals surface area contributed by atoms with Gasteiger partial charge in [0, 0.05) is 0 Å². The van der Waals surface area contributed by atoms with Crippen LogP contribution >= 0.6 is 0 Å². The molecule has 1 atom stereocenters. The van der Waals surface area contributed by atoms with E-state index in [0.717, 1.165) is 19.3 Å². The van der Waals surface area contributed by atoms with E-state index in [1.807, 2.05) is 13.8 Å². The number of methoxy groups -OCH3 is 1. The van der Waals surface area contributed by atoms with Crippen LogP contribution in [-0.4, -0.2) is 25.0 Å². The van der Waals surface area contributed by atoms with Crippen molar-refractivity contribution in [2.45, 2.75) is 58.9 Å². The molecule has 0 aromatic rings. The molecule has 1 N–H and O–H groups in total. The van der Waals surface area contributed by atoms with E-state index in [1.165, 1.54) is 20.0 Å². The summed E-state index contributed by atoms with van der Waals surface area (Å²) in [6.07, 6.45) is 5.28. The topological polar surface area (TPSA) is 55.4 Å². The zero-order valence-electron chi connectivity index (χ0n) is 13.4. The van der Waals surface area contributed by atoms with Crippen molar-refractivity contribution in [3.05, 3.63) is 13.8 Å². The van der Waals surface area contributed by atoms with Crippen LogP contribution in [0.1, 0.15) is 52.9 Å². The number of unbranched alkanes of at least 4 members (excludes halogenated alkanes) is 2. The maximum absolute atomic E-state index is 11.3. The molecule has 0 rings (SSSR count). The van der Waals surface area contributed by atoms with Gasteiger partial charge in [0.15, 0.2) is 0 Å². The zero-order chi connectivity index (χ0) is 15.3. The van der Waals surface area contributed by atoms with E-state index in [9.17, 15) is 9.59 Å². The van der Waals surface area contributed by atoms with E-state index in [0.29, 0.717) is 0 Å². The van der Waals surface area contributed by atoms with Gasteiger partial charge in [0.2, 0.25) is 0 Å². The molecule has 0 bridgehead atoms. The summed E-state index contributed by atoms with van der Waals surface area (Å²) in [5.41, 5.74) is 0. The quantitative estimate of drug-likeness (QED) is 0.561. The Morgan fingerprint density at radius 1 is 1.20 bits per heavy atom. The second kappa shape index (κ2) is 17.0. The number of nitrogens with one attached hydrogen (secondary N) is 1. The maximum Gasteiger partial charge on any atom is 3.00 e. The molecule has 0 aliphatic carbocycles. The van der Waals surface area contributed by atoms with Gasteiger partial charge in [-0.2, -0.15) is 6.42 Å². The first-order chi connectivity index (χ1) is 8.98. The molecule has 0 fully saturated rings. The van der Waals surface area contributed by atoms with Crippen molar-refractivity contribution in [3.63, 3.8) is 0 Å². The first kappa shape index (κ1) is 24.9. The van der Waals surface area contributed by atoms with E-state index < -0.39 is 17.9 Å². The molecule has 0 saturated carbocycles. The van der Waals surface area contributed by atoms with E-state index >= 15 is 0 Å². The summed E-state index contributed by atoms with van der Waals surface area (Å²) >= 11 is 0. The molecule has 0 aliphatic rings. The first-order valence-electron chi connectivity index (χ1n) is 6.97. The Balaban J connectivity index is -0.000000414. The molecule has 5 heteroatoms. The second-order valence-electron chi connectivity index (χ2n) is 4.35. The summed E-state index contributed by atoms with van der Waals surface area (Å²) in [6.45, 7) is 13.0. The Kier molecular flexibility index (Phi) is 21.1. The van der Waals surface area contributed by atoms with Crippen LogP contribution in [0.4, 0.5) is 0 Å². The van der Waals surface area contributed by atoms with Crippen LogP contribution < -0.4 is 5.32 Å². The number of carbonyl (C=O) groups is 2. The van der Waals surface area contributed by atoms with Gasteiger partial charge in [0.25, 0.3) is 0 Å². The predicted molar refractivity (Wildman–Crippen MR) is 78.3 cm³/mol. The summed E-state index contributed by atoms with van der Waals surface area (Å²) in [6, 6.07) is -0.569. The SMILES string of the molecule is [CH2-]C(=O)NC(C(=O)OC)C(CC)CC.[CH2-]CCCC.[Y+3]. The summed E-state index contributed by atoms with van der Waals surface area (Å²) in [5, 5.41) is 2.51. The smallest absolute Gasteiger partial charge is 0.467 e. The molecular weight excluding hydrogens is 331 g/mol. The minimum atomic E-state index is -0.569. The van der Waals surface area contributed by atoms with Crippen molar-refractivity contribution in [3.8, 4) is 0 Å². The number of hydrogen-bond donors (Lipinski definition) is 1. The molecule has 20 heavy (non-hydrogen) atoms. The Hall–Kier alpha value is -0.0861. The van der Waals surface area contributed by atoms with Crippen molar-refractivity contribution < 1.29 is 47.0 Å². The normalized spacial score (nSPS) is 10.7. The third-order valence-corrected chi connectivity index (χ3v) is 2.90. The van der Waals surface area contributed by atoms with Crippen molar-refractivity contribution in [2.75, 3.05) is 7.11 Å². The minimum absolute atomic E-state index is 0. The van der Waals surface area contributed by atoms with Crippen LogP contribution in [0, 0.1) is 19.8 Å². The van der Waals surface area contributed by atoms with Gasteiger partial charge < -0.3 is 28.7 Å². The fraction of sp³-hybridized carbons (Fsp3) is 0.733. The largest absolute Gasteiger partial charge is 3.00 e. The summed E-state index contributed by atoms with van der Waals surface area (Å²) in [5.74, 6) is -0.754. The molecule has 0 heterocycles. The average Bonchev–Trinajstić information content (AvgIpc) is 2.39. The van der Waals surface area contributed by atoms with Crippen molar-refractivity contribution >= 4 is 11.9 Å². The molecule has 1 amide bonds. The average molecular weight is 360 g/mol. The van der Waals surface area contributed by atoms with Crippen LogP contribution in [-0.2, 0) is 47.0 Å². The molecule has 4 nitrogen and oxygen atoms in total. The van der Waals surface area contributed by atoms with Gasteiger partial charge in [0.1, 0.15) is 6.04 Å². The van der Waals surface area contributed by atoms with E-state index in [2.05, 4.69) is 30.8 Å². The number of hydrogen-bond acceptors (Lipinski definition) is 3. The van der Waals surface area contributed by atoms with Crippen LogP contribution in [0.15, 0.2) is 0 Å². The number of esters is 1. The van der Waals surface area contributed by atoms with E-state index in [4.69, 9.17) is 0 Å². The van der Waals surface area contributed by atoms with Gasteiger partial charge in [-0.15, -0.1) is 0 Å². The number of ether oxygens (including phenoxy) is 1. The van der Waals surface area contributed by atoms with E-state index in [-0.39, 0.29) is 38.6 Å². The van der Waals surface area contributed by atoms with E-state index in [1.54, 1.807) is 0 Å². The zero-order valence-corrected chi connectivity index (χ0v) is 16.2. The second-order valence-corrected chi connectivity index (χ2v) is 4.35. The standard InChI is InChI=1S/C10H18NO3.C5H11.Y/c1-5-8(6-2)9(10(13)14-4)11-7(3)12;1-3-5-4-2;/h8-9H,3,5-6H2,1-2,4H3,(H,11,12);1,3-5H2,2H3;/q2*-1;+3. The molecule has 0 aliphatic heterocycles. The van der Waals surface area contributed by atoms with Gasteiger partial charge in [-0.3, -0.25) is 0 Å². The van der Waals surface area contributed by atoms with Gasteiger partial charge >= 0.3 is 38.7 Å². The van der Waals surface area contributed by atoms with Crippen LogP contribution in [0.3, 0.4) is 0 Å². The van der Waals surface area contributed by atoms with Crippen molar-refractivity contribution in [1.29, 1.82) is 0 Å². The molecule has 0 aromatic heterocycles. The minimum Gasteiger partial charge on any atom is -0.467 e. The molecule has 1 unspecified atom stereocenters. The number of rotatable bonds is 7. The molecule has 114 valence electrons. The van der Waals surface area contributed by atoms with Gasteiger partial charge in [-0.25, -0.2) is 4.79 Å². The van der Waals surface area contributed by atoms with Crippen LogP contribution in [0.2, 0.25) is 0 Å². The third kappa shape index (κ3) is 12.9. The molecule has 0 aromatic carbocycles. The maximum atomic E-state index is 11.3. The number of amides is 1. The van der Waals surface area contributed by atoms with Crippen molar-refractivity contribution in [1.82, 2.24) is 5.32 Å². The fourth-order valence-corrected chi connectivity index (χ4v) is 1.68. The third-order valence-electron chi connectivity index (χ3n) is 2.90. The first-order valence-corrected chi connectivity index (χ1v) is 6.97. The summed E-state index contributed by atoms with van der Waals surface area (Å²) in [4.78, 5) is 22.1. The van der Waals surface area contributed by atoms with Gasteiger partial charge in [0.05, 0.1) is 13.0 Å². The Morgan fingerprint density at radius 3 is 1.90 bits per heavy atom. The summed E-state index contributed by atoms with van der Waals surface area (Å²) < 4.78 is 4.62. The van der Waals surface area contributed by atoms with Gasteiger partial charge in [-0.1, -0.05) is 46.5 Å². The Morgan fingerprint density at radius 2 is 1.70 bits per heavy atom. The number of carbonyl (C=O) groups excluding carboxylic acids is 2. The fourth-order valence-electron chi connectivity index (χ4n) is 1.68. The Labute approximate surface area is 149 Å². The van der Waals surface area contributed by atoms with Gasteiger partial charge in [-0.05, 0) is 5.92 Å². The van der Waals surface area contributed by atoms with Crippen LogP contribution in [0.5, 0.6) is 0 Å². The molecule has 0 saturated heterocycles. The molecule has 0 spiro atoms. The van der Waals surface area contributed by atoms with Crippen LogP contribution in [0.25, 0.3) is 0 Å². The molecule has 0 radical (unpaired) electrons. The predicted octanol–water partition coefficient (Wildman–Crippen LogP) is 2.92.